The van der Waals surface area contributed by atoms with Crippen LogP contribution in [-0.2, 0) is 6.42 Å². The van der Waals surface area contributed by atoms with Gasteiger partial charge in [0.15, 0.2) is 0 Å². The van der Waals surface area contributed by atoms with Crippen molar-refractivity contribution in [3.8, 4) is 0 Å². The highest BCUT2D eigenvalue weighted by Gasteiger charge is 2.26. The van der Waals surface area contributed by atoms with E-state index in [1.807, 2.05) is 13.0 Å². The molecule has 1 fully saturated rings. The summed E-state index contributed by atoms with van der Waals surface area (Å²) >= 11 is 0. The Morgan fingerprint density at radius 2 is 2.38 bits per heavy atom. The van der Waals surface area contributed by atoms with E-state index < -0.39 is 0 Å². The standard InChI is InChI=1S/C11H16O2/c1-2-11-9(5-6-13-11)10(12)7-8-3-4-8/h5-6,8,10,12H,2-4,7H2,1H3. The molecular formula is C11H16O2. The van der Waals surface area contributed by atoms with Crippen LogP contribution in [0.1, 0.15) is 43.6 Å². The molecule has 0 amide bonds. The Labute approximate surface area is 78.6 Å². The number of hydrogen-bond acceptors (Lipinski definition) is 2. The van der Waals surface area contributed by atoms with Crippen molar-refractivity contribution in [2.24, 2.45) is 5.92 Å². The van der Waals surface area contributed by atoms with Crippen LogP contribution in [0.2, 0.25) is 0 Å². The summed E-state index contributed by atoms with van der Waals surface area (Å²) in [5.74, 6) is 1.70. The van der Waals surface area contributed by atoms with E-state index in [0.29, 0.717) is 0 Å². The highest BCUT2D eigenvalue weighted by Crippen LogP contribution is 2.38. The van der Waals surface area contributed by atoms with Crippen LogP contribution in [0.5, 0.6) is 0 Å². The van der Waals surface area contributed by atoms with E-state index in [1.54, 1.807) is 6.26 Å². The van der Waals surface area contributed by atoms with E-state index >= 15 is 0 Å². The van der Waals surface area contributed by atoms with Crippen molar-refractivity contribution >= 4 is 0 Å². The van der Waals surface area contributed by atoms with Crippen molar-refractivity contribution in [3.05, 3.63) is 23.7 Å². The molecule has 2 heteroatoms. The zero-order valence-corrected chi connectivity index (χ0v) is 7.99. The number of hydrogen-bond donors (Lipinski definition) is 1. The van der Waals surface area contributed by atoms with E-state index in [0.717, 1.165) is 30.1 Å². The van der Waals surface area contributed by atoms with Crippen LogP contribution in [0, 0.1) is 5.92 Å². The average molecular weight is 180 g/mol. The van der Waals surface area contributed by atoms with Crippen molar-refractivity contribution in [1.29, 1.82) is 0 Å². The summed E-state index contributed by atoms with van der Waals surface area (Å²) in [6.45, 7) is 2.05. The summed E-state index contributed by atoms with van der Waals surface area (Å²) in [5.41, 5.74) is 0.995. The van der Waals surface area contributed by atoms with E-state index in [1.165, 1.54) is 12.8 Å². The molecular weight excluding hydrogens is 164 g/mol. The lowest BCUT2D eigenvalue weighted by atomic mass is 10.0. The van der Waals surface area contributed by atoms with Crippen LogP contribution in [0.15, 0.2) is 16.7 Å². The maximum absolute atomic E-state index is 9.87. The Morgan fingerprint density at radius 3 is 3.00 bits per heavy atom. The number of aliphatic hydroxyl groups is 1. The molecule has 0 aliphatic heterocycles. The van der Waals surface area contributed by atoms with Crippen molar-refractivity contribution in [1.82, 2.24) is 0 Å². The van der Waals surface area contributed by atoms with Crippen LogP contribution in [-0.4, -0.2) is 5.11 Å². The first kappa shape index (κ1) is 8.82. The lowest BCUT2D eigenvalue weighted by Gasteiger charge is -2.08. The second kappa shape index (κ2) is 3.54. The number of furan rings is 1. The van der Waals surface area contributed by atoms with Crippen molar-refractivity contribution in [3.63, 3.8) is 0 Å². The van der Waals surface area contributed by atoms with Gasteiger partial charge in [0, 0.05) is 12.0 Å². The quantitative estimate of drug-likeness (QED) is 0.772. The third kappa shape index (κ3) is 1.94. The summed E-state index contributed by atoms with van der Waals surface area (Å²) in [4.78, 5) is 0. The van der Waals surface area contributed by atoms with E-state index in [2.05, 4.69) is 0 Å². The van der Waals surface area contributed by atoms with E-state index in [-0.39, 0.29) is 6.10 Å². The molecule has 0 spiro atoms. The molecule has 2 nitrogen and oxygen atoms in total. The highest BCUT2D eigenvalue weighted by molar-refractivity contribution is 5.20. The summed E-state index contributed by atoms with van der Waals surface area (Å²) < 4.78 is 5.28. The van der Waals surface area contributed by atoms with Gasteiger partial charge in [0.1, 0.15) is 5.76 Å². The molecule has 0 bridgehead atoms. The first-order chi connectivity index (χ1) is 6.31. The zero-order chi connectivity index (χ0) is 9.26. The Bertz CT molecular complexity index is 273. The molecule has 2 rings (SSSR count). The van der Waals surface area contributed by atoms with Crippen LogP contribution in [0.3, 0.4) is 0 Å². The van der Waals surface area contributed by atoms with E-state index in [4.69, 9.17) is 4.42 Å². The molecule has 1 aromatic heterocycles. The van der Waals surface area contributed by atoms with Gasteiger partial charge in [-0.05, 0) is 18.4 Å². The van der Waals surface area contributed by atoms with Gasteiger partial charge in [0.05, 0.1) is 12.4 Å². The van der Waals surface area contributed by atoms with Crippen LogP contribution < -0.4 is 0 Å². The fourth-order valence-corrected chi connectivity index (χ4v) is 1.73. The second-order valence-electron chi connectivity index (χ2n) is 3.85. The Kier molecular flexibility index (Phi) is 2.40. The zero-order valence-electron chi connectivity index (χ0n) is 7.99. The molecule has 0 aromatic carbocycles. The van der Waals surface area contributed by atoms with Gasteiger partial charge in [-0.2, -0.15) is 0 Å². The maximum Gasteiger partial charge on any atom is 0.109 e. The minimum Gasteiger partial charge on any atom is -0.469 e. The van der Waals surface area contributed by atoms with Crippen molar-refractivity contribution in [2.75, 3.05) is 0 Å². The molecule has 1 aliphatic rings. The smallest absolute Gasteiger partial charge is 0.109 e. The van der Waals surface area contributed by atoms with Crippen molar-refractivity contribution < 1.29 is 9.52 Å². The largest absolute Gasteiger partial charge is 0.469 e. The highest BCUT2D eigenvalue weighted by atomic mass is 16.3. The Balaban J connectivity index is 2.04. The number of rotatable bonds is 4. The van der Waals surface area contributed by atoms with Gasteiger partial charge in [-0.1, -0.05) is 19.8 Å². The van der Waals surface area contributed by atoms with Crippen LogP contribution >= 0.6 is 0 Å². The Hall–Kier alpha value is -0.760. The fourth-order valence-electron chi connectivity index (χ4n) is 1.73. The van der Waals surface area contributed by atoms with Crippen molar-refractivity contribution in [2.45, 2.75) is 38.7 Å². The predicted molar refractivity (Wildman–Crippen MR) is 50.4 cm³/mol. The first-order valence-corrected chi connectivity index (χ1v) is 5.05. The van der Waals surface area contributed by atoms with Gasteiger partial charge >= 0.3 is 0 Å². The molecule has 1 aliphatic carbocycles. The molecule has 1 unspecified atom stereocenters. The van der Waals surface area contributed by atoms with Gasteiger partial charge in [-0.15, -0.1) is 0 Å². The van der Waals surface area contributed by atoms with Gasteiger partial charge < -0.3 is 9.52 Å². The summed E-state index contributed by atoms with van der Waals surface area (Å²) in [5, 5.41) is 9.87. The third-order valence-corrected chi connectivity index (χ3v) is 2.71. The number of aryl methyl sites for hydroxylation is 1. The molecule has 1 aromatic rings. The Morgan fingerprint density at radius 1 is 1.62 bits per heavy atom. The first-order valence-electron chi connectivity index (χ1n) is 5.05. The monoisotopic (exact) mass is 180 g/mol. The number of aliphatic hydroxyl groups excluding tert-OH is 1. The van der Waals surface area contributed by atoms with Gasteiger partial charge in [0.2, 0.25) is 0 Å². The maximum atomic E-state index is 9.87. The lowest BCUT2D eigenvalue weighted by Crippen LogP contribution is -1.99. The molecule has 1 saturated carbocycles. The van der Waals surface area contributed by atoms with Gasteiger partial charge in [0.25, 0.3) is 0 Å². The van der Waals surface area contributed by atoms with Crippen LogP contribution in [0.25, 0.3) is 0 Å². The molecule has 72 valence electrons. The van der Waals surface area contributed by atoms with Crippen LogP contribution in [0.4, 0.5) is 0 Å². The van der Waals surface area contributed by atoms with Gasteiger partial charge in [-0.3, -0.25) is 0 Å². The third-order valence-electron chi connectivity index (χ3n) is 2.71. The minimum atomic E-state index is -0.304. The average Bonchev–Trinajstić information content (AvgIpc) is 2.82. The van der Waals surface area contributed by atoms with Gasteiger partial charge in [-0.25, -0.2) is 0 Å². The second-order valence-corrected chi connectivity index (χ2v) is 3.85. The topological polar surface area (TPSA) is 33.4 Å². The predicted octanol–water partition coefficient (Wildman–Crippen LogP) is 2.68. The molecule has 0 radical (unpaired) electrons. The molecule has 1 heterocycles. The van der Waals surface area contributed by atoms with E-state index in [9.17, 15) is 5.11 Å². The summed E-state index contributed by atoms with van der Waals surface area (Å²) in [6, 6.07) is 1.89. The summed E-state index contributed by atoms with van der Waals surface area (Å²) in [7, 11) is 0. The summed E-state index contributed by atoms with van der Waals surface area (Å²) in [6.07, 6.45) is 5.72. The molecule has 1 atom stereocenters. The lowest BCUT2D eigenvalue weighted by molar-refractivity contribution is 0.158. The molecule has 13 heavy (non-hydrogen) atoms. The minimum absolute atomic E-state index is 0.304. The molecule has 0 saturated heterocycles. The molecule has 1 N–H and O–H groups in total. The SMILES string of the molecule is CCc1occc1C(O)CC1CC1. The fraction of sp³-hybridized carbons (Fsp3) is 0.636. The normalized spacial score (nSPS) is 18.9.